The topological polar surface area (TPSA) is 104 Å². The smallest absolute Gasteiger partial charge is 0.314 e. The van der Waals surface area contributed by atoms with Gasteiger partial charge in [0.05, 0.1) is 17.5 Å². The Kier molecular flexibility index (Phi) is 5.58. The van der Waals surface area contributed by atoms with Crippen LogP contribution in [0, 0.1) is 0 Å². The molecule has 2 aromatic rings. The molecule has 0 saturated heterocycles. The Morgan fingerprint density at radius 3 is 2.64 bits per heavy atom. The molecule has 1 aliphatic heterocycles. The predicted molar refractivity (Wildman–Crippen MR) is 101 cm³/mol. The Balaban J connectivity index is 2.20. The van der Waals surface area contributed by atoms with E-state index in [1.165, 1.54) is 0 Å². The van der Waals surface area contributed by atoms with E-state index >= 15 is 0 Å². The van der Waals surface area contributed by atoms with Crippen LogP contribution in [0.5, 0.6) is 11.5 Å². The molecule has 0 bridgehead atoms. The van der Waals surface area contributed by atoms with Crippen LogP contribution in [-0.4, -0.2) is 35.5 Å². The first-order valence-corrected chi connectivity index (χ1v) is 9.24. The van der Waals surface area contributed by atoms with Crippen LogP contribution >= 0.6 is 0 Å². The summed E-state index contributed by atoms with van der Waals surface area (Å²) in [7, 11) is 0. The molecule has 1 N–H and O–H groups in total. The van der Waals surface area contributed by atoms with Gasteiger partial charge in [0.15, 0.2) is 16.9 Å². The molecule has 0 spiro atoms. The number of carboxylic acid groups (broad SMARTS) is 1. The zero-order chi connectivity index (χ0) is 20.3. The monoisotopic (exact) mass is 389 g/mol. The lowest BCUT2D eigenvalue weighted by Crippen LogP contribution is -2.40. The molecule has 1 aliphatic rings. The second-order valence-electron chi connectivity index (χ2n) is 6.69. The molecule has 1 unspecified atom stereocenters. The third kappa shape index (κ3) is 3.19. The average molecular weight is 389 g/mol. The molecular weight excluding hydrogens is 366 g/mol. The van der Waals surface area contributed by atoms with E-state index in [4.69, 9.17) is 14.2 Å². The summed E-state index contributed by atoms with van der Waals surface area (Å²) in [6.07, 6.45) is 2.38. The molecule has 0 saturated carbocycles. The van der Waals surface area contributed by atoms with Crippen molar-refractivity contribution in [3.05, 3.63) is 34.1 Å². The minimum absolute atomic E-state index is 0.0869. The molecule has 0 fully saturated rings. The predicted octanol–water partition coefficient (Wildman–Crippen LogP) is 2.44. The molecule has 150 valence electrons. The van der Waals surface area contributed by atoms with Gasteiger partial charge in [-0.15, -0.1) is 0 Å². The van der Waals surface area contributed by atoms with Gasteiger partial charge in [-0.05, 0) is 32.3 Å². The van der Waals surface area contributed by atoms with Gasteiger partial charge >= 0.3 is 5.97 Å². The van der Waals surface area contributed by atoms with Crippen molar-refractivity contribution in [2.75, 3.05) is 13.4 Å². The lowest BCUT2D eigenvalue weighted by atomic mass is 9.74. The van der Waals surface area contributed by atoms with Crippen molar-refractivity contribution in [1.82, 2.24) is 4.57 Å². The van der Waals surface area contributed by atoms with Crippen molar-refractivity contribution >= 4 is 23.3 Å². The van der Waals surface area contributed by atoms with E-state index in [-0.39, 0.29) is 37.2 Å². The number of rotatable bonds is 9. The second kappa shape index (κ2) is 7.92. The second-order valence-corrected chi connectivity index (χ2v) is 6.69. The minimum Gasteiger partial charge on any atom is -0.481 e. The summed E-state index contributed by atoms with van der Waals surface area (Å²) in [5.41, 5.74) is -0.814. The van der Waals surface area contributed by atoms with Gasteiger partial charge in [-0.1, -0.05) is 6.92 Å². The molecular formula is C20H23NO7. The van der Waals surface area contributed by atoms with E-state index < -0.39 is 11.4 Å². The van der Waals surface area contributed by atoms with E-state index in [1.54, 1.807) is 25.3 Å². The number of carboxylic acids is 1. The number of carbonyl (C=O) groups is 2. The Bertz CT molecular complexity index is 965. The molecule has 0 radical (unpaired) electrons. The number of hydrogen-bond acceptors (Lipinski definition) is 6. The van der Waals surface area contributed by atoms with Crippen molar-refractivity contribution in [3.8, 4) is 11.5 Å². The van der Waals surface area contributed by atoms with Gasteiger partial charge in [0.1, 0.15) is 0 Å². The van der Waals surface area contributed by atoms with Crippen LogP contribution in [0.25, 0.3) is 10.9 Å². The lowest BCUT2D eigenvalue weighted by molar-refractivity contribution is -0.144. The zero-order valence-corrected chi connectivity index (χ0v) is 15.9. The normalized spacial score (nSPS) is 14.6. The molecule has 28 heavy (non-hydrogen) atoms. The molecule has 1 aromatic carbocycles. The van der Waals surface area contributed by atoms with Crippen molar-refractivity contribution < 1.29 is 28.9 Å². The molecule has 2 heterocycles. The van der Waals surface area contributed by atoms with Crippen LogP contribution in [0.2, 0.25) is 0 Å². The Morgan fingerprint density at radius 1 is 1.32 bits per heavy atom. The highest BCUT2D eigenvalue weighted by Gasteiger charge is 2.41. The van der Waals surface area contributed by atoms with Gasteiger partial charge in [0.2, 0.25) is 6.79 Å². The van der Waals surface area contributed by atoms with Crippen molar-refractivity contribution in [1.29, 1.82) is 0 Å². The first kappa shape index (κ1) is 19.7. The third-order valence-corrected chi connectivity index (χ3v) is 5.38. The molecule has 0 amide bonds. The van der Waals surface area contributed by atoms with Crippen molar-refractivity contribution in [3.63, 3.8) is 0 Å². The maximum absolute atomic E-state index is 13.3. The number of pyridine rings is 1. The van der Waals surface area contributed by atoms with Crippen LogP contribution in [0.3, 0.4) is 0 Å². The number of ether oxygens (including phenoxy) is 3. The zero-order valence-electron chi connectivity index (χ0n) is 15.9. The number of nitrogens with zero attached hydrogens (tertiary/aromatic N) is 1. The van der Waals surface area contributed by atoms with Gasteiger partial charge < -0.3 is 23.9 Å². The van der Waals surface area contributed by atoms with E-state index in [0.717, 1.165) is 0 Å². The van der Waals surface area contributed by atoms with Crippen LogP contribution in [0.4, 0.5) is 0 Å². The molecule has 1 atom stereocenters. The van der Waals surface area contributed by atoms with Crippen LogP contribution in [0.1, 0.15) is 38.7 Å². The van der Waals surface area contributed by atoms with E-state index in [2.05, 4.69) is 0 Å². The highest BCUT2D eigenvalue weighted by molar-refractivity contribution is 5.87. The highest BCUT2D eigenvalue weighted by atomic mass is 16.7. The van der Waals surface area contributed by atoms with E-state index in [1.807, 2.05) is 11.5 Å². The third-order valence-electron chi connectivity index (χ3n) is 5.38. The number of aliphatic carboxylic acids is 1. The minimum atomic E-state index is -1.37. The SMILES string of the molecule is CCn1cc(C(CC)(CCCOC=O)C(=O)O)c(=O)c2cc3c(cc21)OCO3. The number of hydrogen-bond donors (Lipinski definition) is 1. The lowest BCUT2D eigenvalue weighted by Gasteiger charge is -2.29. The van der Waals surface area contributed by atoms with Crippen LogP contribution in [0.15, 0.2) is 23.1 Å². The number of fused-ring (bicyclic) bond motifs is 2. The van der Waals surface area contributed by atoms with Gasteiger partial charge in [-0.25, -0.2) is 0 Å². The Labute approximate surface area is 161 Å². The van der Waals surface area contributed by atoms with Gasteiger partial charge in [-0.2, -0.15) is 0 Å². The summed E-state index contributed by atoms with van der Waals surface area (Å²) in [5.74, 6) is -0.0324. The Morgan fingerprint density at radius 2 is 2.04 bits per heavy atom. The quantitative estimate of drug-likeness (QED) is 0.519. The van der Waals surface area contributed by atoms with Crippen molar-refractivity contribution in [2.45, 2.75) is 45.1 Å². The molecule has 8 nitrogen and oxygen atoms in total. The maximum Gasteiger partial charge on any atom is 0.314 e. The maximum atomic E-state index is 13.3. The number of benzene rings is 1. The summed E-state index contributed by atoms with van der Waals surface area (Å²) >= 11 is 0. The Hall–Kier alpha value is -3.03. The average Bonchev–Trinajstić information content (AvgIpc) is 3.15. The fraction of sp³-hybridized carbons (Fsp3) is 0.450. The van der Waals surface area contributed by atoms with E-state index in [0.29, 0.717) is 41.8 Å². The van der Waals surface area contributed by atoms with Gasteiger partial charge in [-0.3, -0.25) is 14.4 Å². The highest BCUT2D eigenvalue weighted by Crippen LogP contribution is 2.37. The first-order valence-electron chi connectivity index (χ1n) is 9.24. The summed E-state index contributed by atoms with van der Waals surface area (Å²) < 4.78 is 17.3. The molecule has 0 aliphatic carbocycles. The molecule has 3 rings (SSSR count). The van der Waals surface area contributed by atoms with Crippen LogP contribution in [-0.2, 0) is 26.3 Å². The standard InChI is InChI=1S/C20H23NO7/c1-3-20(19(24)25,6-5-7-26-11-22)14-10-21(4-2)15-9-17-16(27-12-28-17)8-13(15)18(14)23/h8-11H,3-7,12H2,1-2H3,(H,24,25). The molecule has 1 aromatic heterocycles. The fourth-order valence-electron chi connectivity index (χ4n) is 3.76. The van der Waals surface area contributed by atoms with Gasteiger partial charge in [0, 0.05) is 29.8 Å². The van der Waals surface area contributed by atoms with E-state index in [9.17, 15) is 19.5 Å². The van der Waals surface area contributed by atoms with Crippen LogP contribution < -0.4 is 14.9 Å². The number of carbonyl (C=O) groups excluding carboxylic acids is 1. The largest absolute Gasteiger partial charge is 0.481 e. The van der Waals surface area contributed by atoms with Gasteiger partial charge in [0.25, 0.3) is 6.47 Å². The summed E-state index contributed by atoms with van der Waals surface area (Å²) in [6, 6.07) is 3.37. The van der Waals surface area contributed by atoms with Crippen molar-refractivity contribution in [2.24, 2.45) is 0 Å². The molecule has 8 heteroatoms. The first-order chi connectivity index (χ1) is 13.5. The number of aryl methyl sites for hydroxylation is 1. The summed E-state index contributed by atoms with van der Waals surface area (Å²) in [5, 5.41) is 10.4. The summed E-state index contributed by atoms with van der Waals surface area (Å²) in [6.45, 7) is 4.74. The number of aromatic nitrogens is 1. The summed E-state index contributed by atoms with van der Waals surface area (Å²) in [4.78, 5) is 36.0. The fourth-order valence-corrected chi connectivity index (χ4v) is 3.76.